The van der Waals surface area contributed by atoms with E-state index in [1.54, 1.807) is 12.1 Å². The second-order valence-electron chi connectivity index (χ2n) is 4.29. The van der Waals surface area contributed by atoms with Crippen LogP contribution in [0.4, 0.5) is 0 Å². The van der Waals surface area contributed by atoms with Crippen LogP contribution in [0.5, 0.6) is 5.75 Å². The highest BCUT2D eigenvalue weighted by atomic mass is 79.9. The molecule has 1 N–H and O–H groups in total. The number of aromatic hydroxyl groups is 1. The molecule has 0 radical (unpaired) electrons. The van der Waals surface area contributed by atoms with Crippen LogP contribution in [0, 0.1) is 0 Å². The van der Waals surface area contributed by atoms with E-state index in [0.29, 0.717) is 5.92 Å². The number of halogens is 1. The number of imidazole rings is 1. The van der Waals surface area contributed by atoms with Gasteiger partial charge in [-0.25, -0.2) is 4.98 Å². The van der Waals surface area contributed by atoms with E-state index in [2.05, 4.69) is 20.9 Å². The Morgan fingerprint density at radius 3 is 2.94 bits per heavy atom. The molecular formula is C12H13BrN2O2. The molecule has 0 saturated carbocycles. The molecule has 1 aliphatic heterocycles. The zero-order chi connectivity index (χ0) is 11.8. The Morgan fingerprint density at radius 1 is 1.41 bits per heavy atom. The molecule has 5 heteroatoms. The van der Waals surface area contributed by atoms with Crippen LogP contribution in [-0.4, -0.2) is 27.7 Å². The largest absolute Gasteiger partial charge is 0.508 e. The van der Waals surface area contributed by atoms with Crippen LogP contribution in [0.15, 0.2) is 22.9 Å². The van der Waals surface area contributed by atoms with Crippen molar-refractivity contribution >= 4 is 21.4 Å². The van der Waals surface area contributed by atoms with Crippen LogP contribution in [0.1, 0.15) is 24.6 Å². The molecule has 3 heterocycles. The number of nitrogens with zero attached hydrogens (tertiary/aromatic N) is 2. The lowest BCUT2D eigenvalue weighted by molar-refractivity contribution is 0.0834. The van der Waals surface area contributed by atoms with Crippen molar-refractivity contribution < 1.29 is 9.84 Å². The Bertz CT molecular complexity index is 547. The molecule has 0 spiro atoms. The van der Waals surface area contributed by atoms with Gasteiger partial charge in [-0.05, 0) is 34.8 Å². The van der Waals surface area contributed by atoms with Crippen molar-refractivity contribution in [3.8, 4) is 5.75 Å². The number of fused-ring (bicyclic) bond motifs is 1. The number of hydrogen-bond acceptors (Lipinski definition) is 3. The number of aromatic nitrogens is 2. The fourth-order valence-corrected chi connectivity index (χ4v) is 2.79. The third-order valence-electron chi connectivity index (χ3n) is 3.20. The first kappa shape index (κ1) is 11.0. The normalized spacial score (nSPS) is 17.7. The lowest BCUT2D eigenvalue weighted by Gasteiger charge is -2.20. The fourth-order valence-electron chi connectivity index (χ4n) is 2.30. The van der Waals surface area contributed by atoms with Gasteiger partial charge in [0.1, 0.15) is 16.2 Å². The number of rotatable bonds is 1. The summed E-state index contributed by atoms with van der Waals surface area (Å²) >= 11 is 3.44. The first-order valence-corrected chi connectivity index (χ1v) is 6.49. The SMILES string of the molecule is Oc1ccn2c(C3CCOCC3)nc(Br)c2c1. The molecule has 90 valence electrons. The van der Waals surface area contributed by atoms with Crippen LogP contribution in [0.25, 0.3) is 5.52 Å². The quantitative estimate of drug-likeness (QED) is 0.880. The van der Waals surface area contributed by atoms with Crippen LogP contribution in [0.2, 0.25) is 0 Å². The van der Waals surface area contributed by atoms with Crippen molar-refractivity contribution in [1.82, 2.24) is 9.38 Å². The third-order valence-corrected chi connectivity index (χ3v) is 3.78. The number of pyridine rings is 1. The van der Waals surface area contributed by atoms with E-state index < -0.39 is 0 Å². The molecule has 1 fully saturated rings. The molecule has 3 rings (SSSR count). The first-order valence-electron chi connectivity index (χ1n) is 5.70. The standard InChI is InChI=1S/C12H13BrN2O2/c13-11-10-7-9(16)1-4-15(10)12(14-11)8-2-5-17-6-3-8/h1,4,7-8,16H,2-3,5-6H2. The van der Waals surface area contributed by atoms with Gasteiger partial charge in [-0.1, -0.05) is 0 Å². The molecule has 1 saturated heterocycles. The molecule has 2 aromatic heterocycles. The highest BCUT2D eigenvalue weighted by Gasteiger charge is 2.21. The Hall–Kier alpha value is -1.07. The van der Waals surface area contributed by atoms with E-state index in [-0.39, 0.29) is 5.75 Å². The summed E-state index contributed by atoms with van der Waals surface area (Å²) in [6, 6.07) is 3.41. The number of hydrogen-bond donors (Lipinski definition) is 1. The van der Waals surface area contributed by atoms with Crippen LogP contribution in [-0.2, 0) is 4.74 Å². The lowest BCUT2D eigenvalue weighted by atomic mass is 10.00. The first-order chi connectivity index (χ1) is 8.25. The maximum atomic E-state index is 9.49. The summed E-state index contributed by atoms with van der Waals surface area (Å²) in [5.74, 6) is 1.75. The van der Waals surface area contributed by atoms with Gasteiger partial charge >= 0.3 is 0 Å². The van der Waals surface area contributed by atoms with E-state index in [9.17, 15) is 5.11 Å². The maximum Gasteiger partial charge on any atom is 0.132 e. The maximum absolute atomic E-state index is 9.49. The van der Waals surface area contributed by atoms with Crippen molar-refractivity contribution in [3.05, 3.63) is 28.8 Å². The van der Waals surface area contributed by atoms with E-state index in [0.717, 1.165) is 42.0 Å². The molecule has 0 amide bonds. The molecule has 2 aromatic rings. The summed E-state index contributed by atoms with van der Waals surface area (Å²) < 4.78 is 8.20. The van der Waals surface area contributed by atoms with Crippen molar-refractivity contribution in [2.45, 2.75) is 18.8 Å². The van der Waals surface area contributed by atoms with E-state index in [1.165, 1.54) is 0 Å². The van der Waals surface area contributed by atoms with E-state index in [1.807, 2.05) is 10.6 Å². The van der Waals surface area contributed by atoms with E-state index >= 15 is 0 Å². The van der Waals surface area contributed by atoms with Gasteiger partial charge in [-0.15, -0.1) is 0 Å². The van der Waals surface area contributed by atoms with Gasteiger partial charge in [0.25, 0.3) is 0 Å². The smallest absolute Gasteiger partial charge is 0.132 e. The lowest BCUT2D eigenvalue weighted by Crippen LogP contribution is -2.16. The van der Waals surface area contributed by atoms with Crippen molar-refractivity contribution in [1.29, 1.82) is 0 Å². The fraction of sp³-hybridized carbons (Fsp3) is 0.417. The average Bonchev–Trinajstić information content (AvgIpc) is 2.68. The molecular weight excluding hydrogens is 284 g/mol. The molecule has 0 atom stereocenters. The Balaban J connectivity index is 2.10. The van der Waals surface area contributed by atoms with Gasteiger partial charge in [0.15, 0.2) is 0 Å². The van der Waals surface area contributed by atoms with Crippen molar-refractivity contribution in [3.63, 3.8) is 0 Å². The van der Waals surface area contributed by atoms with Gasteiger partial charge < -0.3 is 14.2 Å². The predicted molar refractivity (Wildman–Crippen MR) is 67.4 cm³/mol. The van der Waals surface area contributed by atoms with Crippen LogP contribution < -0.4 is 0 Å². The topological polar surface area (TPSA) is 46.8 Å². The second kappa shape index (κ2) is 4.31. The zero-order valence-electron chi connectivity index (χ0n) is 9.27. The molecule has 17 heavy (non-hydrogen) atoms. The Labute approximate surface area is 107 Å². The van der Waals surface area contributed by atoms with Crippen LogP contribution in [0.3, 0.4) is 0 Å². The summed E-state index contributed by atoms with van der Waals surface area (Å²) in [5.41, 5.74) is 0.909. The molecule has 4 nitrogen and oxygen atoms in total. The molecule has 1 aliphatic rings. The average molecular weight is 297 g/mol. The van der Waals surface area contributed by atoms with Gasteiger partial charge in [0.05, 0.1) is 5.52 Å². The van der Waals surface area contributed by atoms with Crippen LogP contribution >= 0.6 is 15.9 Å². The van der Waals surface area contributed by atoms with Gasteiger partial charge in [0, 0.05) is 31.4 Å². The minimum absolute atomic E-state index is 0.261. The summed E-state index contributed by atoms with van der Waals surface area (Å²) in [5, 5.41) is 9.49. The molecule has 0 unspecified atom stereocenters. The summed E-state index contributed by atoms with van der Waals surface area (Å²) in [6.07, 6.45) is 3.88. The van der Waals surface area contributed by atoms with E-state index in [4.69, 9.17) is 4.74 Å². The summed E-state index contributed by atoms with van der Waals surface area (Å²) in [7, 11) is 0. The molecule has 0 aliphatic carbocycles. The van der Waals surface area contributed by atoms with Gasteiger partial charge in [0.2, 0.25) is 0 Å². The van der Waals surface area contributed by atoms with Gasteiger partial charge in [-0.3, -0.25) is 0 Å². The predicted octanol–water partition coefficient (Wildman–Crippen LogP) is 2.70. The highest BCUT2D eigenvalue weighted by Crippen LogP contribution is 2.31. The molecule has 0 bridgehead atoms. The molecule has 0 aromatic carbocycles. The Morgan fingerprint density at radius 2 is 2.18 bits per heavy atom. The summed E-state index contributed by atoms with van der Waals surface area (Å²) in [6.45, 7) is 1.60. The monoisotopic (exact) mass is 296 g/mol. The second-order valence-corrected chi connectivity index (χ2v) is 5.04. The minimum Gasteiger partial charge on any atom is -0.508 e. The number of ether oxygens (including phenoxy) is 1. The summed E-state index contributed by atoms with van der Waals surface area (Å²) in [4.78, 5) is 4.57. The zero-order valence-corrected chi connectivity index (χ0v) is 10.9. The van der Waals surface area contributed by atoms with Crippen molar-refractivity contribution in [2.24, 2.45) is 0 Å². The minimum atomic E-state index is 0.261. The van der Waals surface area contributed by atoms with Gasteiger partial charge in [-0.2, -0.15) is 0 Å². The van der Waals surface area contributed by atoms with Crippen molar-refractivity contribution in [2.75, 3.05) is 13.2 Å². The Kier molecular flexibility index (Phi) is 2.80. The highest BCUT2D eigenvalue weighted by molar-refractivity contribution is 9.10. The third kappa shape index (κ3) is 1.93.